The fourth-order valence-corrected chi connectivity index (χ4v) is 8.21. The minimum atomic E-state index is -1.61. The number of benzene rings is 3. The van der Waals surface area contributed by atoms with Crippen LogP contribution in [0, 0.1) is 13.8 Å². The first-order valence-electron chi connectivity index (χ1n) is 27.1. The summed E-state index contributed by atoms with van der Waals surface area (Å²) in [5.74, 6) is -5.64. The molecule has 454 valence electrons. The third-order valence-corrected chi connectivity index (χ3v) is 11.9. The van der Waals surface area contributed by atoms with Crippen LogP contribution in [0.3, 0.4) is 0 Å². The Morgan fingerprint density at radius 1 is 0.687 bits per heavy atom. The van der Waals surface area contributed by atoms with Crippen LogP contribution in [-0.2, 0) is 54.1 Å². The second kappa shape index (κ2) is 29.4. The van der Waals surface area contributed by atoms with E-state index in [2.05, 4.69) is 37.2 Å². The van der Waals surface area contributed by atoms with Crippen molar-refractivity contribution in [1.82, 2.24) is 42.1 Å². The molecule has 9 N–H and O–H groups in total. The van der Waals surface area contributed by atoms with E-state index in [1.54, 1.807) is 112 Å². The van der Waals surface area contributed by atoms with E-state index in [1.807, 2.05) is 6.92 Å². The Kier molecular flexibility index (Phi) is 23.7. The number of nitrogens with zero attached hydrogens (tertiary/aromatic N) is 1. The Bertz CT molecular complexity index is 2870. The number of amides is 9. The van der Waals surface area contributed by atoms with Crippen LogP contribution in [0.2, 0.25) is 0 Å². The van der Waals surface area contributed by atoms with Crippen molar-refractivity contribution in [3.05, 3.63) is 82.4 Å². The summed E-state index contributed by atoms with van der Waals surface area (Å²) >= 11 is 0. The van der Waals surface area contributed by atoms with Gasteiger partial charge < -0.3 is 76.3 Å². The SMILES string of the molecule is Cc1ccc(C(=O)N[C@@H](CCNC(=O)OC(C)(C)C)C(=O)N(C)[C@@H]2C(=O)N[C@@H](C)C(=O)N[C@H](C(=O)N[C@@H](C)C(=O)OCC(N)=O)Cc3ccc(OCCNC(=O)OC(C)(C)C)c(c3)-c3cc2ccc3OCCNC(=O)OC(C)(C)C)c(C)c1. The fourth-order valence-electron chi connectivity index (χ4n) is 8.21. The summed E-state index contributed by atoms with van der Waals surface area (Å²) in [4.78, 5) is 136. The normalized spacial score (nSPS) is 16.1. The molecular formula is C58H81N9O16. The van der Waals surface area contributed by atoms with Crippen LogP contribution in [0.15, 0.2) is 54.6 Å². The van der Waals surface area contributed by atoms with Gasteiger partial charge >= 0.3 is 24.2 Å². The van der Waals surface area contributed by atoms with Crippen LogP contribution in [0.4, 0.5) is 14.4 Å². The van der Waals surface area contributed by atoms with E-state index in [9.17, 15) is 38.4 Å². The van der Waals surface area contributed by atoms with Gasteiger partial charge in [0.25, 0.3) is 11.8 Å². The zero-order valence-corrected chi connectivity index (χ0v) is 49.8. The lowest BCUT2D eigenvalue weighted by Gasteiger charge is -2.33. The van der Waals surface area contributed by atoms with Crippen molar-refractivity contribution in [2.24, 2.45) is 5.73 Å². The largest absolute Gasteiger partial charge is 0.491 e. The van der Waals surface area contributed by atoms with Gasteiger partial charge in [0.15, 0.2) is 6.61 Å². The number of hydrogen-bond acceptors (Lipinski definition) is 16. The monoisotopic (exact) mass is 1160 g/mol. The highest BCUT2D eigenvalue weighted by molar-refractivity contribution is 6.00. The zero-order valence-electron chi connectivity index (χ0n) is 49.8. The standard InChI is InChI=1S/C58H81N9O16/c1-32-15-18-38(33(2)27-32)48(70)65-41(21-22-60-53(75)81-56(5,6)7)51(73)67(14)46-37-17-20-44(79-26-24-62-55(77)83-58(11,12)13)40(30-37)39-28-36(16-19-43(39)78-25-23-61-54(76)82-57(8,9)10)29-42(66-47(69)34(3)63-50(46)72)49(71)64-35(4)52(74)80-31-45(59)68/h15-20,27-28,30,34-35,41-42,46H,21-26,29,31H2,1-14H3,(H2,59,68)(H,60,75)(H,61,76)(H,62,77)(H,63,72)(H,64,71)(H,65,70)(H,66,69)/t34-,35-,41-,42-,46-/m0/s1. The summed E-state index contributed by atoms with van der Waals surface area (Å²) in [5, 5.41) is 18.5. The molecular weight excluding hydrogens is 1080 g/mol. The Hall–Kier alpha value is -8.64. The van der Waals surface area contributed by atoms with Crippen LogP contribution >= 0.6 is 0 Å². The van der Waals surface area contributed by atoms with Gasteiger partial charge in [-0.25, -0.2) is 19.2 Å². The smallest absolute Gasteiger partial charge is 0.407 e. The van der Waals surface area contributed by atoms with Crippen LogP contribution in [0.5, 0.6) is 11.5 Å². The van der Waals surface area contributed by atoms with Crippen molar-refractivity contribution in [2.75, 3.05) is 46.5 Å². The average Bonchev–Trinajstić information content (AvgIpc) is 3.18. The van der Waals surface area contributed by atoms with E-state index in [4.69, 9.17) is 34.2 Å². The number of carbonyl (C=O) groups excluding carboxylic acids is 10. The van der Waals surface area contributed by atoms with E-state index in [0.717, 1.165) is 10.5 Å². The molecule has 0 fully saturated rings. The molecule has 4 rings (SSSR count). The van der Waals surface area contributed by atoms with Crippen LogP contribution in [0.25, 0.3) is 11.1 Å². The summed E-state index contributed by atoms with van der Waals surface area (Å²) in [7, 11) is 1.33. The van der Waals surface area contributed by atoms with Gasteiger partial charge in [-0.15, -0.1) is 0 Å². The molecule has 5 atom stereocenters. The second-order valence-electron chi connectivity index (χ2n) is 22.9. The molecule has 0 saturated carbocycles. The number of primary amides is 1. The van der Waals surface area contributed by atoms with Crippen LogP contribution in [0.1, 0.15) is 121 Å². The molecule has 0 saturated heterocycles. The number of alkyl carbamates (subject to hydrolysis) is 3. The van der Waals surface area contributed by atoms with Gasteiger partial charge in [0.05, 0.1) is 13.1 Å². The first-order chi connectivity index (χ1) is 38.6. The summed E-state index contributed by atoms with van der Waals surface area (Å²) in [6.45, 7) is 20.3. The van der Waals surface area contributed by atoms with Crippen LogP contribution < -0.4 is 52.4 Å². The molecule has 1 heterocycles. The first kappa shape index (κ1) is 66.9. The minimum Gasteiger partial charge on any atom is -0.491 e. The maximum absolute atomic E-state index is 15.2. The van der Waals surface area contributed by atoms with Crippen LogP contribution in [-0.4, -0.2) is 152 Å². The number of rotatable bonds is 20. The molecule has 1 aliphatic rings. The van der Waals surface area contributed by atoms with E-state index in [1.165, 1.54) is 33.0 Å². The van der Waals surface area contributed by atoms with E-state index in [-0.39, 0.29) is 79.4 Å². The highest BCUT2D eigenvalue weighted by Crippen LogP contribution is 2.40. The molecule has 0 aromatic heterocycles. The summed E-state index contributed by atoms with van der Waals surface area (Å²) in [6, 6.07) is 7.37. The second-order valence-corrected chi connectivity index (χ2v) is 22.9. The maximum atomic E-state index is 15.2. The van der Waals surface area contributed by atoms with Crippen molar-refractivity contribution in [1.29, 1.82) is 0 Å². The topological polar surface area (TPSA) is 340 Å². The van der Waals surface area contributed by atoms with E-state index < -0.39 is 113 Å². The van der Waals surface area contributed by atoms with Gasteiger partial charge in [-0.2, -0.15) is 0 Å². The Labute approximate surface area is 483 Å². The lowest BCUT2D eigenvalue weighted by atomic mass is 9.93. The van der Waals surface area contributed by atoms with Crippen molar-refractivity contribution < 1.29 is 76.4 Å². The number of carbonyl (C=O) groups is 10. The molecule has 83 heavy (non-hydrogen) atoms. The van der Waals surface area contributed by atoms with Gasteiger partial charge in [-0.1, -0.05) is 29.8 Å². The molecule has 0 aliphatic carbocycles. The van der Waals surface area contributed by atoms with Gasteiger partial charge in [0.1, 0.15) is 71.7 Å². The van der Waals surface area contributed by atoms with Crippen molar-refractivity contribution in [3.63, 3.8) is 0 Å². The Morgan fingerprint density at radius 3 is 1.75 bits per heavy atom. The summed E-state index contributed by atoms with van der Waals surface area (Å²) in [5.41, 5.74) is 5.55. The number of ether oxygens (including phenoxy) is 6. The van der Waals surface area contributed by atoms with Crippen molar-refractivity contribution in [3.8, 4) is 22.6 Å². The van der Waals surface area contributed by atoms with Gasteiger partial charge in [-0.05, 0) is 143 Å². The molecule has 3 aromatic rings. The molecule has 0 unspecified atom stereocenters. The Balaban J connectivity index is 1.94. The van der Waals surface area contributed by atoms with E-state index in [0.29, 0.717) is 11.1 Å². The zero-order chi connectivity index (χ0) is 62.1. The molecule has 0 spiro atoms. The molecule has 25 heteroatoms. The number of likely N-dealkylation sites (N-methyl/N-ethyl adjacent to an activating group) is 1. The highest BCUT2D eigenvalue weighted by Gasteiger charge is 2.37. The lowest BCUT2D eigenvalue weighted by Crippen LogP contribution is -2.57. The summed E-state index contributed by atoms with van der Waals surface area (Å²) in [6.07, 6.45) is -2.61. The number of nitrogens with two attached hydrogens (primary N) is 1. The molecule has 1 aliphatic heterocycles. The van der Waals surface area contributed by atoms with Gasteiger partial charge in [0.2, 0.25) is 23.6 Å². The predicted molar refractivity (Wildman–Crippen MR) is 304 cm³/mol. The molecule has 25 nitrogen and oxygen atoms in total. The minimum absolute atomic E-state index is 0.0357. The molecule has 0 radical (unpaired) electrons. The average molecular weight is 1160 g/mol. The predicted octanol–water partition coefficient (Wildman–Crippen LogP) is 4.07. The number of nitrogens with one attached hydrogen (secondary N) is 7. The van der Waals surface area contributed by atoms with Gasteiger partial charge in [0, 0.05) is 36.7 Å². The first-order valence-corrected chi connectivity index (χ1v) is 27.1. The quantitative estimate of drug-likeness (QED) is 0.0449. The Morgan fingerprint density at radius 2 is 1.22 bits per heavy atom. The van der Waals surface area contributed by atoms with Gasteiger partial charge in [-0.3, -0.25) is 28.8 Å². The van der Waals surface area contributed by atoms with Crippen molar-refractivity contribution in [2.45, 2.75) is 150 Å². The maximum Gasteiger partial charge on any atom is 0.407 e. The third kappa shape index (κ3) is 22.0. The van der Waals surface area contributed by atoms with Crippen molar-refractivity contribution >= 4 is 59.7 Å². The highest BCUT2D eigenvalue weighted by atomic mass is 16.6. The third-order valence-electron chi connectivity index (χ3n) is 11.9. The molecule has 9 amide bonds. The fraction of sp³-hybridized carbons (Fsp3) is 0.517. The lowest BCUT2D eigenvalue weighted by molar-refractivity contribution is -0.150. The number of aryl methyl sites for hydroxylation is 2. The number of hydrogen-bond donors (Lipinski definition) is 8. The van der Waals surface area contributed by atoms with E-state index >= 15 is 9.59 Å². The number of fused-ring (bicyclic) bond motifs is 5. The molecule has 4 bridgehead atoms. The molecule has 3 aromatic carbocycles. The number of esters is 1. The summed E-state index contributed by atoms with van der Waals surface area (Å²) < 4.78 is 33.8.